The van der Waals surface area contributed by atoms with Crippen molar-refractivity contribution in [1.29, 1.82) is 0 Å². The van der Waals surface area contributed by atoms with Gasteiger partial charge in [-0.2, -0.15) is 4.98 Å². The summed E-state index contributed by atoms with van der Waals surface area (Å²) in [4.78, 5) is 4.38. The molecule has 6 nitrogen and oxygen atoms in total. The molecule has 2 rings (SSSR count). The topological polar surface area (TPSA) is 77.6 Å². The molecule has 0 saturated carbocycles. The number of aliphatic hydroxyl groups excluding tert-OH is 1. The summed E-state index contributed by atoms with van der Waals surface area (Å²) in [5.41, 5.74) is -0.504. The lowest BCUT2D eigenvalue weighted by Crippen LogP contribution is -2.36. The minimum Gasteiger partial charge on any atom is -0.393 e. The fourth-order valence-electron chi connectivity index (χ4n) is 2.38. The maximum absolute atomic E-state index is 9.76. The molecule has 0 aliphatic carbocycles. The van der Waals surface area contributed by atoms with Crippen LogP contribution in [0.25, 0.3) is 0 Å². The number of aliphatic hydroxyl groups is 1. The molecule has 0 aromatic carbocycles. The summed E-state index contributed by atoms with van der Waals surface area (Å²) < 4.78 is 16.2. The highest BCUT2D eigenvalue weighted by Crippen LogP contribution is 2.33. The van der Waals surface area contributed by atoms with Gasteiger partial charge < -0.3 is 19.1 Å². The van der Waals surface area contributed by atoms with Gasteiger partial charge in [0.1, 0.15) is 5.60 Å². The molecule has 108 valence electrons. The van der Waals surface area contributed by atoms with Crippen LogP contribution in [0.3, 0.4) is 0 Å². The van der Waals surface area contributed by atoms with E-state index in [4.69, 9.17) is 14.0 Å². The summed E-state index contributed by atoms with van der Waals surface area (Å²) in [5, 5.41) is 13.8. The lowest BCUT2D eigenvalue weighted by molar-refractivity contribution is -0.101. The van der Waals surface area contributed by atoms with Gasteiger partial charge >= 0.3 is 0 Å². The first-order valence-electron chi connectivity index (χ1n) is 6.84. The average molecular weight is 270 g/mol. The standard InChI is InChI=1S/C13H22N2O4/c1-3-4-10(16)9-11-14-12(15-19-11)13(17-2)5-7-18-8-6-13/h10,16H,3-9H2,1-2H3. The van der Waals surface area contributed by atoms with Crippen LogP contribution < -0.4 is 0 Å². The highest BCUT2D eigenvalue weighted by Gasteiger charge is 2.39. The van der Waals surface area contributed by atoms with Crippen molar-refractivity contribution in [3.05, 3.63) is 11.7 Å². The summed E-state index contributed by atoms with van der Waals surface area (Å²) in [7, 11) is 1.66. The second-order valence-electron chi connectivity index (χ2n) is 4.97. The van der Waals surface area contributed by atoms with Gasteiger partial charge in [-0.1, -0.05) is 18.5 Å². The van der Waals surface area contributed by atoms with Crippen molar-refractivity contribution in [2.24, 2.45) is 0 Å². The van der Waals surface area contributed by atoms with Crippen LogP contribution in [-0.2, 0) is 21.5 Å². The third-order valence-electron chi connectivity index (χ3n) is 3.60. The van der Waals surface area contributed by atoms with E-state index in [1.807, 2.05) is 6.92 Å². The zero-order valence-corrected chi connectivity index (χ0v) is 11.6. The van der Waals surface area contributed by atoms with Gasteiger partial charge in [0.25, 0.3) is 0 Å². The number of rotatable bonds is 6. The van der Waals surface area contributed by atoms with Crippen molar-refractivity contribution in [3.8, 4) is 0 Å². The molecule has 1 N–H and O–H groups in total. The van der Waals surface area contributed by atoms with E-state index in [0.29, 0.717) is 31.3 Å². The van der Waals surface area contributed by atoms with E-state index in [2.05, 4.69) is 10.1 Å². The van der Waals surface area contributed by atoms with Crippen LogP contribution in [0.2, 0.25) is 0 Å². The quantitative estimate of drug-likeness (QED) is 0.842. The third kappa shape index (κ3) is 3.32. The maximum atomic E-state index is 9.76. The Hall–Kier alpha value is -0.980. The predicted octanol–water partition coefficient (Wildman–Crippen LogP) is 1.43. The van der Waals surface area contributed by atoms with Crippen LogP contribution in [-0.4, -0.2) is 41.7 Å². The second-order valence-corrected chi connectivity index (χ2v) is 4.97. The number of hydrogen-bond donors (Lipinski definition) is 1. The molecule has 1 unspecified atom stereocenters. The molecule has 1 saturated heterocycles. The smallest absolute Gasteiger partial charge is 0.229 e. The van der Waals surface area contributed by atoms with E-state index in [1.165, 1.54) is 0 Å². The molecule has 0 amide bonds. The van der Waals surface area contributed by atoms with E-state index in [1.54, 1.807) is 7.11 Å². The van der Waals surface area contributed by atoms with Gasteiger partial charge in [0.15, 0.2) is 0 Å². The van der Waals surface area contributed by atoms with Gasteiger partial charge in [-0.05, 0) is 6.42 Å². The molecule has 19 heavy (non-hydrogen) atoms. The normalized spacial score (nSPS) is 20.4. The van der Waals surface area contributed by atoms with Crippen LogP contribution in [0.15, 0.2) is 4.52 Å². The van der Waals surface area contributed by atoms with Crippen molar-refractivity contribution in [3.63, 3.8) is 0 Å². The molecule has 0 radical (unpaired) electrons. The van der Waals surface area contributed by atoms with E-state index < -0.39 is 11.7 Å². The minimum atomic E-state index is -0.504. The molecule has 1 aliphatic heterocycles. The Balaban J connectivity index is 2.06. The summed E-state index contributed by atoms with van der Waals surface area (Å²) >= 11 is 0. The predicted molar refractivity (Wildman–Crippen MR) is 67.7 cm³/mol. The van der Waals surface area contributed by atoms with Crippen molar-refractivity contribution in [2.45, 2.75) is 50.7 Å². The van der Waals surface area contributed by atoms with Gasteiger partial charge in [0.2, 0.25) is 11.7 Å². The first-order valence-corrected chi connectivity index (χ1v) is 6.84. The molecule has 1 aromatic rings. The highest BCUT2D eigenvalue weighted by molar-refractivity contribution is 5.03. The van der Waals surface area contributed by atoms with Crippen LogP contribution >= 0.6 is 0 Å². The Bertz CT molecular complexity index is 388. The van der Waals surface area contributed by atoms with E-state index in [-0.39, 0.29) is 0 Å². The first-order chi connectivity index (χ1) is 9.20. The van der Waals surface area contributed by atoms with Crippen molar-refractivity contribution in [2.75, 3.05) is 20.3 Å². The Morgan fingerprint density at radius 2 is 2.16 bits per heavy atom. The van der Waals surface area contributed by atoms with Crippen molar-refractivity contribution >= 4 is 0 Å². The number of methoxy groups -OCH3 is 1. The Kier molecular flexibility index (Phi) is 4.90. The molecule has 1 aliphatic rings. The molecule has 2 heterocycles. The van der Waals surface area contributed by atoms with Crippen LogP contribution in [0, 0.1) is 0 Å². The van der Waals surface area contributed by atoms with Crippen molar-refractivity contribution in [1.82, 2.24) is 10.1 Å². The molecule has 0 spiro atoms. The van der Waals surface area contributed by atoms with Crippen LogP contribution in [0.1, 0.15) is 44.3 Å². The lowest BCUT2D eigenvalue weighted by atomic mass is 9.93. The molecule has 1 aromatic heterocycles. The van der Waals surface area contributed by atoms with Gasteiger partial charge in [0, 0.05) is 33.2 Å². The maximum Gasteiger partial charge on any atom is 0.229 e. The Morgan fingerprint density at radius 3 is 2.79 bits per heavy atom. The molecule has 6 heteroatoms. The zero-order chi connectivity index (χ0) is 13.7. The van der Waals surface area contributed by atoms with E-state index in [9.17, 15) is 5.11 Å². The lowest BCUT2D eigenvalue weighted by Gasteiger charge is -2.32. The first kappa shape index (κ1) is 14.4. The third-order valence-corrected chi connectivity index (χ3v) is 3.60. The molecular formula is C13H22N2O4. The molecule has 0 bridgehead atoms. The second kappa shape index (κ2) is 6.45. The van der Waals surface area contributed by atoms with Gasteiger partial charge in [-0.3, -0.25) is 0 Å². The van der Waals surface area contributed by atoms with Crippen LogP contribution in [0.4, 0.5) is 0 Å². The van der Waals surface area contributed by atoms with Gasteiger partial charge in [-0.15, -0.1) is 0 Å². The van der Waals surface area contributed by atoms with E-state index in [0.717, 1.165) is 25.7 Å². The minimum absolute atomic E-state index is 0.400. The fraction of sp³-hybridized carbons (Fsp3) is 0.846. The van der Waals surface area contributed by atoms with E-state index >= 15 is 0 Å². The summed E-state index contributed by atoms with van der Waals surface area (Å²) in [6.45, 7) is 3.30. The zero-order valence-electron chi connectivity index (χ0n) is 11.6. The fourth-order valence-corrected chi connectivity index (χ4v) is 2.38. The summed E-state index contributed by atoms with van der Waals surface area (Å²) in [6.07, 6.45) is 3.09. The number of hydrogen-bond acceptors (Lipinski definition) is 6. The molecule has 1 fully saturated rings. The van der Waals surface area contributed by atoms with Gasteiger partial charge in [-0.25, -0.2) is 0 Å². The largest absolute Gasteiger partial charge is 0.393 e. The monoisotopic (exact) mass is 270 g/mol. The number of aromatic nitrogens is 2. The number of nitrogens with zero attached hydrogens (tertiary/aromatic N) is 2. The average Bonchev–Trinajstić information content (AvgIpc) is 2.89. The van der Waals surface area contributed by atoms with Crippen molar-refractivity contribution < 1.29 is 19.1 Å². The summed E-state index contributed by atoms with van der Waals surface area (Å²) in [6, 6.07) is 0. The van der Waals surface area contributed by atoms with Gasteiger partial charge in [0.05, 0.1) is 12.5 Å². The van der Waals surface area contributed by atoms with Crippen LogP contribution in [0.5, 0.6) is 0 Å². The Morgan fingerprint density at radius 1 is 1.42 bits per heavy atom. The Labute approximate surface area is 113 Å². The SMILES string of the molecule is CCCC(O)Cc1nc(C2(OC)CCOCC2)no1. The summed E-state index contributed by atoms with van der Waals surface area (Å²) in [5.74, 6) is 1.04. The molecule has 1 atom stereocenters. The highest BCUT2D eigenvalue weighted by atomic mass is 16.5. The molecular weight excluding hydrogens is 248 g/mol. The number of ether oxygens (including phenoxy) is 2.